The Balaban J connectivity index is 2.08. The Morgan fingerprint density at radius 2 is 1.90 bits per heavy atom. The molecule has 0 spiro atoms. The van der Waals surface area contributed by atoms with Gasteiger partial charge in [-0.1, -0.05) is 39.7 Å². The van der Waals surface area contributed by atoms with Crippen LogP contribution in [0.25, 0.3) is 0 Å². The van der Waals surface area contributed by atoms with Gasteiger partial charge in [0.15, 0.2) is 0 Å². The van der Waals surface area contributed by atoms with Crippen LogP contribution in [-0.4, -0.2) is 10.9 Å². The van der Waals surface area contributed by atoms with Gasteiger partial charge in [-0.15, -0.1) is 0 Å². The Morgan fingerprint density at radius 1 is 1.24 bits per heavy atom. The van der Waals surface area contributed by atoms with Crippen LogP contribution in [0.5, 0.6) is 0 Å². The van der Waals surface area contributed by atoms with Crippen LogP contribution in [0.3, 0.4) is 0 Å². The molecule has 0 aliphatic heterocycles. The van der Waals surface area contributed by atoms with E-state index < -0.39 is 10.9 Å². The minimum Gasteiger partial charge on any atom is -0.457 e. The summed E-state index contributed by atoms with van der Waals surface area (Å²) < 4.78 is 6.03. The minimum atomic E-state index is -0.645. The number of hydrogen-bond acceptors (Lipinski definition) is 4. The third-order valence-electron chi connectivity index (χ3n) is 2.66. The maximum absolute atomic E-state index is 11.9. The van der Waals surface area contributed by atoms with E-state index in [-0.39, 0.29) is 22.9 Å². The first-order valence-electron chi connectivity index (χ1n) is 5.83. The van der Waals surface area contributed by atoms with Crippen LogP contribution in [0.4, 0.5) is 5.69 Å². The molecule has 0 atom stereocenters. The molecule has 7 heteroatoms. The number of hydrogen-bond donors (Lipinski definition) is 0. The first-order chi connectivity index (χ1) is 9.97. The van der Waals surface area contributed by atoms with Crippen molar-refractivity contribution in [2.45, 2.75) is 6.61 Å². The lowest BCUT2D eigenvalue weighted by atomic mass is 10.2. The minimum absolute atomic E-state index is 0.0236. The molecular formula is C14H9BrClNO4. The highest BCUT2D eigenvalue weighted by atomic mass is 79.9. The third-order valence-corrected chi connectivity index (χ3v) is 3.51. The summed E-state index contributed by atoms with van der Waals surface area (Å²) in [7, 11) is 0. The summed E-state index contributed by atoms with van der Waals surface area (Å²) in [5.74, 6) is -0.641. The van der Waals surface area contributed by atoms with Gasteiger partial charge in [-0.3, -0.25) is 10.1 Å². The van der Waals surface area contributed by atoms with Gasteiger partial charge in [-0.05, 0) is 29.8 Å². The fourth-order valence-electron chi connectivity index (χ4n) is 1.59. The van der Waals surface area contributed by atoms with E-state index in [4.69, 9.17) is 16.3 Å². The van der Waals surface area contributed by atoms with Crippen LogP contribution in [0.2, 0.25) is 5.02 Å². The molecule has 2 aromatic rings. The van der Waals surface area contributed by atoms with Crippen molar-refractivity contribution in [3.8, 4) is 0 Å². The summed E-state index contributed by atoms with van der Waals surface area (Å²) in [6.07, 6.45) is 0. The molecule has 0 aliphatic rings. The van der Waals surface area contributed by atoms with Crippen LogP contribution in [0.1, 0.15) is 15.9 Å². The molecule has 0 aromatic heterocycles. The fraction of sp³-hybridized carbons (Fsp3) is 0.0714. The van der Waals surface area contributed by atoms with E-state index >= 15 is 0 Å². The van der Waals surface area contributed by atoms with Crippen molar-refractivity contribution >= 4 is 39.2 Å². The molecule has 5 nitrogen and oxygen atoms in total. The first-order valence-corrected chi connectivity index (χ1v) is 7.00. The highest BCUT2D eigenvalue weighted by Crippen LogP contribution is 2.25. The predicted octanol–water partition coefficient (Wildman–Crippen LogP) is 4.37. The van der Waals surface area contributed by atoms with Gasteiger partial charge in [-0.2, -0.15) is 0 Å². The second-order valence-corrected chi connectivity index (χ2v) is 5.45. The Labute approximate surface area is 133 Å². The molecule has 2 aromatic carbocycles. The van der Waals surface area contributed by atoms with Crippen molar-refractivity contribution in [3.63, 3.8) is 0 Å². The van der Waals surface area contributed by atoms with Crippen LogP contribution in [0.15, 0.2) is 46.9 Å². The quantitative estimate of drug-likeness (QED) is 0.455. The third kappa shape index (κ3) is 4.03. The van der Waals surface area contributed by atoms with Gasteiger partial charge < -0.3 is 4.74 Å². The van der Waals surface area contributed by atoms with Crippen molar-refractivity contribution in [2.75, 3.05) is 0 Å². The number of rotatable bonds is 4. The fourth-order valence-corrected chi connectivity index (χ4v) is 2.04. The van der Waals surface area contributed by atoms with E-state index in [0.29, 0.717) is 0 Å². The number of halogens is 2. The molecule has 0 saturated carbocycles. The number of esters is 1. The first kappa shape index (κ1) is 15.5. The van der Waals surface area contributed by atoms with Gasteiger partial charge in [0.25, 0.3) is 5.69 Å². The molecule has 108 valence electrons. The molecule has 0 aliphatic carbocycles. The maximum Gasteiger partial charge on any atom is 0.338 e. The highest BCUT2D eigenvalue weighted by Gasteiger charge is 2.17. The summed E-state index contributed by atoms with van der Waals surface area (Å²) in [6.45, 7) is 0.0859. The van der Waals surface area contributed by atoms with Crippen LogP contribution in [-0.2, 0) is 11.3 Å². The maximum atomic E-state index is 11.9. The average Bonchev–Trinajstić information content (AvgIpc) is 2.46. The predicted molar refractivity (Wildman–Crippen MR) is 81.4 cm³/mol. The van der Waals surface area contributed by atoms with Crippen molar-refractivity contribution < 1.29 is 14.5 Å². The topological polar surface area (TPSA) is 69.4 Å². The van der Waals surface area contributed by atoms with E-state index in [9.17, 15) is 14.9 Å². The zero-order valence-electron chi connectivity index (χ0n) is 10.6. The Morgan fingerprint density at radius 3 is 2.52 bits per heavy atom. The van der Waals surface area contributed by atoms with Crippen LogP contribution in [0, 0.1) is 10.1 Å². The summed E-state index contributed by atoms with van der Waals surface area (Å²) in [5.41, 5.74) is 0.577. The van der Waals surface area contributed by atoms with Crippen LogP contribution < -0.4 is 0 Å². The van der Waals surface area contributed by atoms with Gasteiger partial charge in [0.1, 0.15) is 11.6 Å². The summed E-state index contributed by atoms with van der Waals surface area (Å²) in [4.78, 5) is 22.0. The van der Waals surface area contributed by atoms with Crippen molar-refractivity contribution in [1.82, 2.24) is 0 Å². The summed E-state index contributed by atoms with van der Waals surface area (Å²) in [6, 6.07) is 11.1. The lowest BCUT2D eigenvalue weighted by Crippen LogP contribution is -2.06. The largest absolute Gasteiger partial charge is 0.457 e. The van der Waals surface area contributed by atoms with E-state index in [0.717, 1.165) is 16.1 Å². The van der Waals surface area contributed by atoms with E-state index in [2.05, 4.69) is 15.9 Å². The Bertz CT molecular complexity index is 688. The molecule has 0 radical (unpaired) electrons. The Hall–Kier alpha value is -1.92. The van der Waals surface area contributed by atoms with Gasteiger partial charge in [0.05, 0.1) is 10.5 Å². The summed E-state index contributed by atoms with van der Waals surface area (Å²) in [5, 5.41) is 10.7. The summed E-state index contributed by atoms with van der Waals surface area (Å²) >= 11 is 8.99. The second kappa shape index (κ2) is 6.69. The van der Waals surface area contributed by atoms with E-state index in [1.807, 2.05) is 24.3 Å². The SMILES string of the molecule is O=C(OCc1ccc(Br)cc1)c1ccc(Cl)c([N+](=O)[O-])c1. The van der Waals surface area contributed by atoms with E-state index in [1.54, 1.807) is 0 Å². The molecule has 21 heavy (non-hydrogen) atoms. The lowest BCUT2D eigenvalue weighted by molar-refractivity contribution is -0.384. The monoisotopic (exact) mass is 369 g/mol. The van der Waals surface area contributed by atoms with Gasteiger partial charge in [0.2, 0.25) is 0 Å². The van der Waals surface area contributed by atoms with Crippen molar-refractivity contribution in [3.05, 3.63) is 73.2 Å². The van der Waals surface area contributed by atoms with E-state index in [1.165, 1.54) is 12.1 Å². The molecule has 0 fully saturated rings. The number of carbonyl (C=O) groups excluding carboxylic acids is 1. The number of nitro groups is 1. The number of benzene rings is 2. The highest BCUT2D eigenvalue weighted by molar-refractivity contribution is 9.10. The number of nitrogens with zero attached hydrogens (tertiary/aromatic N) is 1. The molecule has 0 bridgehead atoms. The molecule has 0 N–H and O–H groups in total. The lowest BCUT2D eigenvalue weighted by Gasteiger charge is -2.05. The molecule has 0 unspecified atom stereocenters. The molecular weight excluding hydrogens is 362 g/mol. The molecule has 2 rings (SSSR count). The molecule has 0 heterocycles. The average molecular weight is 371 g/mol. The Kier molecular flexibility index (Phi) is 4.93. The van der Waals surface area contributed by atoms with Gasteiger partial charge in [0, 0.05) is 10.5 Å². The standard InChI is InChI=1S/C14H9BrClNO4/c15-11-4-1-9(2-5-11)8-21-14(18)10-3-6-12(16)13(7-10)17(19)20/h1-7H,8H2. The number of carbonyl (C=O) groups is 1. The smallest absolute Gasteiger partial charge is 0.338 e. The second-order valence-electron chi connectivity index (χ2n) is 4.13. The zero-order chi connectivity index (χ0) is 15.4. The zero-order valence-corrected chi connectivity index (χ0v) is 12.9. The van der Waals surface area contributed by atoms with Crippen LogP contribution >= 0.6 is 27.5 Å². The number of nitro benzene ring substituents is 1. The normalized spacial score (nSPS) is 10.2. The van der Waals surface area contributed by atoms with Gasteiger partial charge in [-0.25, -0.2) is 4.79 Å². The number of ether oxygens (including phenoxy) is 1. The molecule has 0 saturated heterocycles. The van der Waals surface area contributed by atoms with Crippen molar-refractivity contribution in [1.29, 1.82) is 0 Å². The van der Waals surface area contributed by atoms with Crippen molar-refractivity contribution in [2.24, 2.45) is 0 Å². The van der Waals surface area contributed by atoms with Gasteiger partial charge >= 0.3 is 5.97 Å². The molecule has 0 amide bonds.